The van der Waals surface area contributed by atoms with E-state index in [-0.39, 0.29) is 10.9 Å². The second-order valence-corrected chi connectivity index (χ2v) is 7.68. The number of amides is 1. The summed E-state index contributed by atoms with van der Waals surface area (Å²) < 4.78 is 1.22. The Morgan fingerprint density at radius 2 is 2.07 bits per heavy atom. The van der Waals surface area contributed by atoms with Crippen molar-refractivity contribution < 1.29 is 14.7 Å². The topological polar surface area (TPSA) is 101 Å². The third-order valence-corrected chi connectivity index (χ3v) is 5.65. The van der Waals surface area contributed by atoms with Crippen LogP contribution in [-0.2, 0) is 11.2 Å². The highest BCUT2D eigenvalue weighted by molar-refractivity contribution is 7.17. The molecule has 0 saturated heterocycles. The molecule has 0 aliphatic rings. The molecule has 0 radical (unpaired) electrons. The first-order valence-electron chi connectivity index (χ1n) is 8.26. The Balaban J connectivity index is 2.08. The van der Waals surface area contributed by atoms with Gasteiger partial charge in [-0.3, -0.25) is 14.2 Å². The van der Waals surface area contributed by atoms with Gasteiger partial charge < -0.3 is 10.4 Å². The summed E-state index contributed by atoms with van der Waals surface area (Å²) in [5.41, 5.74) is -0.382. The van der Waals surface area contributed by atoms with Crippen molar-refractivity contribution in [1.29, 1.82) is 0 Å². The maximum Gasteiger partial charge on any atom is 0.337 e. The normalized spacial score (nSPS) is 12.1. The molecule has 0 aliphatic carbocycles. The molecule has 1 aromatic carbocycles. The third kappa shape index (κ3) is 3.63. The first-order chi connectivity index (χ1) is 13.2. The Morgan fingerprint density at radius 1 is 1.36 bits per heavy atom. The molecule has 2 aromatic heterocycles. The zero-order valence-corrected chi connectivity index (χ0v) is 17.2. The number of halogens is 2. The zero-order valence-electron chi connectivity index (χ0n) is 14.8. The number of aromatic carboxylic acids is 1. The number of nitrogens with one attached hydrogen (secondary N) is 1. The molecule has 1 unspecified atom stereocenters. The highest BCUT2D eigenvalue weighted by Gasteiger charge is 2.25. The van der Waals surface area contributed by atoms with E-state index in [1.165, 1.54) is 22.9 Å². The molecule has 28 heavy (non-hydrogen) atoms. The number of carboxylic acid groups (broad SMARTS) is 1. The molecule has 7 nitrogen and oxygen atoms in total. The minimum atomic E-state index is -1.22. The number of nitrogens with zero attached hydrogens (tertiary/aromatic N) is 2. The van der Waals surface area contributed by atoms with E-state index in [0.29, 0.717) is 32.8 Å². The van der Waals surface area contributed by atoms with Gasteiger partial charge in [-0.05, 0) is 25.1 Å². The summed E-state index contributed by atoms with van der Waals surface area (Å²) in [7, 11) is 0. The van der Waals surface area contributed by atoms with E-state index in [9.17, 15) is 19.5 Å². The molecule has 0 bridgehead atoms. The Bertz CT molecular complexity index is 1160. The van der Waals surface area contributed by atoms with Crippen LogP contribution >= 0.6 is 34.5 Å². The predicted molar refractivity (Wildman–Crippen MR) is 110 cm³/mol. The third-order valence-electron chi connectivity index (χ3n) is 4.21. The van der Waals surface area contributed by atoms with E-state index in [0.717, 1.165) is 11.3 Å². The van der Waals surface area contributed by atoms with Gasteiger partial charge in [0, 0.05) is 16.8 Å². The lowest BCUT2D eigenvalue weighted by molar-refractivity contribution is -0.118. The standard InChI is InChI=1S/C18H15Cl2N3O4S/c1-3-13-22-16-14(10(7-28-16)18(26)27)17(25)23(13)8(2)15(24)21-12-6-9(19)4-5-11(12)20/h4-8H,3H2,1-2H3,(H,21,24)(H,26,27). The lowest BCUT2D eigenvalue weighted by atomic mass is 10.2. The Kier molecular flexibility index (Phi) is 5.74. The van der Waals surface area contributed by atoms with Crippen LogP contribution in [0.3, 0.4) is 0 Å². The summed E-state index contributed by atoms with van der Waals surface area (Å²) >= 11 is 13.1. The van der Waals surface area contributed by atoms with Crippen molar-refractivity contribution in [2.75, 3.05) is 5.32 Å². The summed E-state index contributed by atoms with van der Waals surface area (Å²) in [5.74, 6) is -1.34. The van der Waals surface area contributed by atoms with Crippen LogP contribution in [0.15, 0.2) is 28.4 Å². The van der Waals surface area contributed by atoms with Crippen LogP contribution in [0.1, 0.15) is 36.1 Å². The number of thiophene rings is 1. The second-order valence-electron chi connectivity index (χ2n) is 5.98. The minimum Gasteiger partial charge on any atom is -0.478 e. The maximum atomic E-state index is 13.1. The number of carbonyl (C=O) groups excluding carboxylic acids is 1. The fourth-order valence-corrected chi connectivity index (χ4v) is 4.06. The molecule has 1 amide bonds. The van der Waals surface area contributed by atoms with Gasteiger partial charge in [-0.1, -0.05) is 30.1 Å². The largest absolute Gasteiger partial charge is 0.478 e. The molecule has 1 atom stereocenters. The van der Waals surface area contributed by atoms with Crippen LogP contribution in [-0.4, -0.2) is 26.5 Å². The van der Waals surface area contributed by atoms with Crippen molar-refractivity contribution >= 4 is 62.3 Å². The van der Waals surface area contributed by atoms with Gasteiger partial charge in [0.1, 0.15) is 16.7 Å². The van der Waals surface area contributed by atoms with Crippen molar-refractivity contribution in [2.45, 2.75) is 26.3 Å². The first-order valence-corrected chi connectivity index (χ1v) is 9.90. The summed E-state index contributed by atoms with van der Waals surface area (Å²) in [6.07, 6.45) is 0.390. The Morgan fingerprint density at radius 3 is 2.71 bits per heavy atom. The molecule has 2 heterocycles. The fraction of sp³-hybridized carbons (Fsp3) is 0.222. The van der Waals surface area contributed by atoms with E-state index in [1.807, 2.05) is 0 Å². The summed E-state index contributed by atoms with van der Waals surface area (Å²) in [6, 6.07) is 3.69. The van der Waals surface area contributed by atoms with Gasteiger partial charge in [-0.2, -0.15) is 0 Å². The monoisotopic (exact) mass is 439 g/mol. The minimum absolute atomic E-state index is 0.00450. The van der Waals surface area contributed by atoms with Crippen LogP contribution in [0.2, 0.25) is 10.0 Å². The molecular weight excluding hydrogens is 425 g/mol. The first kappa shape index (κ1) is 20.3. The van der Waals surface area contributed by atoms with Crippen LogP contribution in [0.25, 0.3) is 10.2 Å². The zero-order chi connectivity index (χ0) is 20.6. The summed E-state index contributed by atoms with van der Waals surface area (Å²) in [6.45, 7) is 3.34. The van der Waals surface area contributed by atoms with Gasteiger partial charge in [-0.25, -0.2) is 9.78 Å². The van der Waals surface area contributed by atoms with Crippen molar-refractivity contribution in [3.05, 3.63) is 55.4 Å². The molecule has 0 saturated carbocycles. The van der Waals surface area contributed by atoms with Gasteiger partial charge in [0.25, 0.3) is 5.56 Å². The number of aromatic nitrogens is 2. The lowest BCUT2D eigenvalue weighted by Crippen LogP contribution is -2.34. The number of rotatable bonds is 5. The SMILES string of the molecule is CCc1nc2scc(C(=O)O)c2c(=O)n1C(C)C(=O)Nc1cc(Cl)ccc1Cl. The molecular formula is C18H15Cl2N3O4S. The number of fused-ring (bicyclic) bond motifs is 1. The number of aryl methyl sites for hydroxylation is 1. The van der Waals surface area contributed by atoms with Crippen LogP contribution < -0.4 is 10.9 Å². The highest BCUT2D eigenvalue weighted by atomic mass is 35.5. The lowest BCUT2D eigenvalue weighted by Gasteiger charge is -2.19. The van der Waals surface area contributed by atoms with E-state index in [4.69, 9.17) is 23.2 Å². The quantitative estimate of drug-likeness (QED) is 0.619. The summed E-state index contributed by atoms with van der Waals surface area (Å²) in [5, 5.41) is 14.1. The van der Waals surface area contributed by atoms with Crippen molar-refractivity contribution in [2.24, 2.45) is 0 Å². The number of carbonyl (C=O) groups is 2. The number of hydrogen-bond donors (Lipinski definition) is 2. The molecule has 0 aliphatic heterocycles. The molecule has 0 spiro atoms. The number of benzene rings is 1. The van der Waals surface area contributed by atoms with Crippen molar-refractivity contribution in [1.82, 2.24) is 9.55 Å². The predicted octanol–water partition coefficient (Wildman–Crippen LogP) is 4.23. The molecule has 146 valence electrons. The second kappa shape index (κ2) is 7.90. The van der Waals surface area contributed by atoms with Gasteiger partial charge in [0.05, 0.1) is 21.7 Å². The molecule has 2 N–H and O–H groups in total. The number of hydrogen-bond acceptors (Lipinski definition) is 5. The Hall–Kier alpha value is -2.42. The van der Waals surface area contributed by atoms with Crippen molar-refractivity contribution in [3.8, 4) is 0 Å². The average molecular weight is 440 g/mol. The van der Waals surface area contributed by atoms with Crippen LogP contribution in [0, 0.1) is 0 Å². The smallest absolute Gasteiger partial charge is 0.337 e. The van der Waals surface area contributed by atoms with E-state index in [2.05, 4.69) is 10.3 Å². The highest BCUT2D eigenvalue weighted by Crippen LogP contribution is 2.27. The van der Waals surface area contributed by atoms with Crippen LogP contribution in [0.5, 0.6) is 0 Å². The molecule has 10 heteroatoms. The molecule has 3 rings (SSSR count). The molecule has 0 fully saturated rings. The fourth-order valence-electron chi connectivity index (χ4n) is 2.80. The van der Waals surface area contributed by atoms with Gasteiger partial charge in [-0.15, -0.1) is 11.3 Å². The van der Waals surface area contributed by atoms with Gasteiger partial charge in [0.2, 0.25) is 5.91 Å². The van der Waals surface area contributed by atoms with E-state index < -0.39 is 23.5 Å². The van der Waals surface area contributed by atoms with E-state index in [1.54, 1.807) is 19.1 Å². The van der Waals surface area contributed by atoms with Crippen LogP contribution in [0.4, 0.5) is 5.69 Å². The maximum absolute atomic E-state index is 13.1. The van der Waals surface area contributed by atoms with Gasteiger partial charge in [0.15, 0.2) is 0 Å². The molecule has 3 aromatic rings. The average Bonchev–Trinajstić information content (AvgIpc) is 3.08. The van der Waals surface area contributed by atoms with Crippen molar-refractivity contribution in [3.63, 3.8) is 0 Å². The number of anilines is 1. The van der Waals surface area contributed by atoms with E-state index >= 15 is 0 Å². The summed E-state index contributed by atoms with van der Waals surface area (Å²) in [4.78, 5) is 42.0. The number of carboxylic acids is 1. The van der Waals surface area contributed by atoms with Gasteiger partial charge >= 0.3 is 5.97 Å². The Labute approximate surface area is 173 Å².